The molecule has 10 nitrogen and oxygen atoms in total. The van der Waals surface area contributed by atoms with Crippen molar-refractivity contribution in [2.75, 3.05) is 25.9 Å². The predicted molar refractivity (Wildman–Crippen MR) is 130 cm³/mol. The highest BCUT2D eigenvalue weighted by molar-refractivity contribution is 7.52. The van der Waals surface area contributed by atoms with Gasteiger partial charge in [-0.2, -0.15) is 0 Å². The summed E-state index contributed by atoms with van der Waals surface area (Å²) in [7, 11) is -4.10. The van der Waals surface area contributed by atoms with Crippen molar-refractivity contribution in [3.8, 4) is 11.1 Å². The minimum absolute atomic E-state index is 0.0939. The summed E-state index contributed by atoms with van der Waals surface area (Å²) in [6.45, 7) is -0.244. The molecule has 7 N–H and O–H groups in total. The van der Waals surface area contributed by atoms with Gasteiger partial charge in [0.2, 0.25) is 0 Å². The van der Waals surface area contributed by atoms with E-state index in [1.807, 2.05) is 42.5 Å². The standard InChI is InChI=1S/C24H33N2O8P/c27-14-21-23(30)22(29)20(26-21)13-19(28)15-35(32,33)34-12-4-11-25-24(31)18-9-7-17(8-10-18)16-5-2-1-3-6-16/h1-3,5-10,19-23,26-30H,4,11-15H2,(H,25,31)(H,32,33)/t19-,20-,21-,22-,23-/m1/s1. The second kappa shape index (κ2) is 12.7. The average Bonchev–Trinajstić information content (AvgIpc) is 3.11. The first-order valence-electron chi connectivity index (χ1n) is 11.5. The van der Waals surface area contributed by atoms with Crippen molar-refractivity contribution in [3.63, 3.8) is 0 Å². The van der Waals surface area contributed by atoms with Gasteiger partial charge in [-0.15, -0.1) is 0 Å². The van der Waals surface area contributed by atoms with Crippen LogP contribution in [0.25, 0.3) is 11.1 Å². The summed E-state index contributed by atoms with van der Waals surface area (Å²) in [6.07, 6.45) is -4.01. The van der Waals surface area contributed by atoms with Gasteiger partial charge in [0.1, 0.15) is 0 Å². The van der Waals surface area contributed by atoms with Crippen molar-refractivity contribution < 1.29 is 39.2 Å². The summed E-state index contributed by atoms with van der Waals surface area (Å²) in [5.41, 5.74) is 2.55. The first kappa shape index (κ1) is 27.4. The Morgan fingerprint density at radius 3 is 2.29 bits per heavy atom. The van der Waals surface area contributed by atoms with Crippen LogP contribution in [0.2, 0.25) is 0 Å². The Hall–Kier alpha value is -2.14. The normalized spacial score (nSPS) is 24.6. The molecular weight excluding hydrogens is 475 g/mol. The van der Waals surface area contributed by atoms with Crippen LogP contribution in [0.3, 0.4) is 0 Å². The lowest BCUT2D eigenvalue weighted by atomic mass is 10.0. The number of amides is 1. The number of carbonyl (C=O) groups excluding carboxylic acids is 1. The van der Waals surface area contributed by atoms with Crippen LogP contribution >= 0.6 is 7.60 Å². The largest absolute Gasteiger partial charge is 0.395 e. The Morgan fingerprint density at radius 2 is 1.66 bits per heavy atom. The lowest BCUT2D eigenvalue weighted by molar-refractivity contribution is 0.0139. The fraction of sp³-hybridized carbons (Fsp3) is 0.458. The van der Waals surface area contributed by atoms with Gasteiger partial charge in [-0.25, -0.2) is 0 Å². The predicted octanol–water partition coefficient (Wildman–Crippen LogP) is 0.481. The number of carbonyl (C=O) groups is 1. The molecule has 0 aromatic heterocycles. The van der Waals surface area contributed by atoms with E-state index in [-0.39, 0.29) is 32.1 Å². The van der Waals surface area contributed by atoms with Gasteiger partial charge in [0, 0.05) is 18.2 Å². The van der Waals surface area contributed by atoms with Gasteiger partial charge in [0.05, 0.1) is 43.7 Å². The van der Waals surface area contributed by atoms with Crippen LogP contribution in [0, 0.1) is 0 Å². The van der Waals surface area contributed by atoms with E-state index in [0.29, 0.717) is 12.0 Å². The van der Waals surface area contributed by atoms with Gasteiger partial charge in [0.15, 0.2) is 0 Å². The highest BCUT2D eigenvalue weighted by Gasteiger charge is 2.41. The summed E-state index contributed by atoms with van der Waals surface area (Å²) in [6, 6.07) is 15.5. The quantitative estimate of drug-likeness (QED) is 0.159. The van der Waals surface area contributed by atoms with Gasteiger partial charge in [-0.1, -0.05) is 42.5 Å². The maximum absolute atomic E-state index is 12.3. The number of rotatable bonds is 12. The average molecular weight is 509 g/mol. The van der Waals surface area contributed by atoms with Crippen molar-refractivity contribution >= 4 is 13.5 Å². The number of aliphatic hydroxyl groups excluding tert-OH is 4. The smallest absolute Gasteiger partial charge is 0.330 e. The van der Waals surface area contributed by atoms with Gasteiger partial charge < -0.3 is 40.5 Å². The van der Waals surface area contributed by atoms with E-state index in [1.165, 1.54) is 0 Å². The first-order chi connectivity index (χ1) is 16.7. The zero-order valence-corrected chi connectivity index (χ0v) is 20.1. The molecular formula is C24H33N2O8P. The molecule has 192 valence electrons. The molecule has 0 saturated carbocycles. The summed E-state index contributed by atoms with van der Waals surface area (Å²) in [4.78, 5) is 22.3. The molecule has 1 saturated heterocycles. The molecule has 1 aliphatic heterocycles. The maximum Gasteiger partial charge on any atom is 0.330 e. The molecule has 1 aliphatic rings. The molecule has 3 rings (SSSR count). The summed E-state index contributed by atoms with van der Waals surface area (Å²) in [5.74, 6) is -0.266. The van der Waals surface area contributed by atoms with Gasteiger partial charge >= 0.3 is 7.60 Å². The van der Waals surface area contributed by atoms with Crippen molar-refractivity contribution in [1.29, 1.82) is 0 Å². The molecule has 0 spiro atoms. The zero-order valence-electron chi connectivity index (χ0n) is 19.2. The number of hydrogen-bond acceptors (Lipinski definition) is 8. The number of hydrogen-bond donors (Lipinski definition) is 7. The second-order valence-electron chi connectivity index (χ2n) is 8.64. The lowest BCUT2D eigenvalue weighted by Crippen LogP contribution is -2.38. The molecule has 0 radical (unpaired) electrons. The van der Waals surface area contributed by atoms with E-state index in [2.05, 4.69) is 10.6 Å². The van der Waals surface area contributed by atoms with Crippen LogP contribution in [0.4, 0.5) is 0 Å². The van der Waals surface area contributed by atoms with Crippen LogP contribution in [0.5, 0.6) is 0 Å². The van der Waals surface area contributed by atoms with Crippen molar-refractivity contribution in [2.45, 2.75) is 43.2 Å². The number of benzene rings is 2. The van der Waals surface area contributed by atoms with Crippen molar-refractivity contribution in [3.05, 3.63) is 60.2 Å². The van der Waals surface area contributed by atoms with Gasteiger partial charge in [-0.3, -0.25) is 9.36 Å². The topological polar surface area (TPSA) is 169 Å². The SMILES string of the molecule is O=C(NCCCOP(=O)(O)C[C@H](O)C[C@H]1N[C@H](CO)[C@@H](O)[C@@H]1O)c1ccc(-c2ccccc2)cc1. The third-order valence-corrected chi connectivity index (χ3v) is 7.39. The molecule has 2 aromatic carbocycles. The highest BCUT2D eigenvalue weighted by atomic mass is 31.2. The maximum atomic E-state index is 12.3. The summed E-state index contributed by atoms with van der Waals surface area (Å²) in [5, 5.41) is 44.6. The number of aliphatic hydroxyl groups is 4. The Bertz CT molecular complexity index is 991. The van der Waals surface area contributed by atoms with Gasteiger partial charge in [0.25, 0.3) is 5.91 Å². The van der Waals surface area contributed by atoms with E-state index >= 15 is 0 Å². The van der Waals surface area contributed by atoms with E-state index in [9.17, 15) is 29.6 Å². The molecule has 0 bridgehead atoms. The van der Waals surface area contributed by atoms with E-state index < -0.39 is 44.2 Å². The molecule has 0 aliphatic carbocycles. The van der Waals surface area contributed by atoms with Gasteiger partial charge in [-0.05, 0) is 36.1 Å². The summed E-state index contributed by atoms with van der Waals surface area (Å²) >= 11 is 0. The highest BCUT2D eigenvalue weighted by Crippen LogP contribution is 2.43. The monoisotopic (exact) mass is 508 g/mol. The number of nitrogens with one attached hydrogen (secondary N) is 2. The minimum atomic E-state index is -4.10. The molecule has 1 heterocycles. The summed E-state index contributed by atoms with van der Waals surface area (Å²) < 4.78 is 17.3. The molecule has 1 unspecified atom stereocenters. The van der Waals surface area contributed by atoms with E-state index in [1.54, 1.807) is 12.1 Å². The zero-order chi connectivity index (χ0) is 25.4. The Morgan fingerprint density at radius 1 is 1.03 bits per heavy atom. The molecule has 6 atom stereocenters. The fourth-order valence-electron chi connectivity index (χ4n) is 4.03. The second-order valence-corrected chi connectivity index (χ2v) is 10.5. The fourth-order valence-corrected chi connectivity index (χ4v) is 5.23. The molecule has 1 fully saturated rings. The Kier molecular flexibility index (Phi) is 9.97. The molecule has 1 amide bonds. The molecule has 11 heteroatoms. The van der Waals surface area contributed by atoms with Crippen LogP contribution in [-0.2, 0) is 9.09 Å². The van der Waals surface area contributed by atoms with Crippen LogP contribution in [0.1, 0.15) is 23.2 Å². The molecule has 35 heavy (non-hydrogen) atoms. The Labute approximate surface area is 204 Å². The third-order valence-electron chi connectivity index (χ3n) is 5.92. The van der Waals surface area contributed by atoms with Crippen molar-refractivity contribution in [1.82, 2.24) is 10.6 Å². The van der Waals surface area contributed by atoms with E-state index in [0.717, 1.165) is 11.1 Å². The third kappa shape index (κ3) is 7.93. The van der Waals surface area contributed by atoms with E-state index in [4.69, 9.17) is 9.63 Å². The van der Waals surface area contributed by atoms with Crippen LogP contribution < -0.4 is 10.6 Å². The van der Waals surface area contributed by atoms with Crippen LogP contribution in [-0.4, -0.2) is 87.5 Å². The van der Waals surface area contributed by atoms with Crippen molar-refractivity contribution in [2.24, 2.45) is 0 Å². The molecule has 2 aromatic rings. The lowest BCUT2D eigenvalue weighted by Gasteiger charge is -2.21. The van der Waals surface area contributed by atoms with Crippen LogP contribution in [0.15, 0.2) is 54.6 Å². The minimum Gasteiger partial charge on any atom is -0.395 e. The first-order valence-corrected chi connectivity index (χ1v) is 13.3. The Balaban J connectivity index is 1.35.